The molecule has 1 saturated carbocycles. The van der Waals surface area contributed by atoms with E-state index in [2.05, 4.69) is 17.4 Å². The van der Waals surface area contributed by atoms with Crippen LogP contribution in [-0.2, 0) is 6.54 Å². The zero-order valence-corrected chi connectivity index (χ0v) is 15.0. The largest absolute Gasteiger partial charge is 0.326 e. The van der Waals surface area contributed by atoms with Gasteiger partial charge in [0, 0.05) is 6.54 Å². The van der Waals surface area contributed by atoms with Crippen LogP contribution < -0.4 is 11.1 Å². The molecule has 3 rings (SSSR count). The lowest BCUT2D eigenvalue weighted by Crippen LogP contribution is -2.25. The highest BCUT2D eigenvalue weighted by Crippen LogP contribution is 2.30. The van der Waals surface area contributed by atoms with Gasteiger partial charge < -0.3 is 11.1 Å². The maximum Gasteiger partial charge on any atom is 0.126 e. The van der Waals surface area contributed by atoms with Crippen LogP contribution >= 0.6 is 0 Å². The van der Waals surface area contributed by atoms with Gasteiger partial charge in [0.1, 0.15) is 5.82 Å². The molecule has 1 atom stereocenters. The number of benzene rings is 2. The molecule has 3 heteroatoms. The van der Waals surface area contributed by atoms with Gasteiger partial charge in [0.2, 0.25) is 0 Å². The van der Waals surface area contributed by atoms with Crippen LogP contribution in [0.25, 0.3) is 0 Å². The first-order chi connectivity index (χ1) is 11.7. The molecule has 130 valence electrons. The SMILES string of the molecule is CC.Cc1cc(C(NCC2CC2)c2cccc(CN)c2)ccc1F. The minimum atomic E-state index is -0.152. The average molecular weight is 328 g/mol. The van der Waals surface area contributed by atoms with Crippen molar-refractivity contribution in [2.45, 2.75) is 46.2 Å². The molecule has 2 aromatic carbocycles. The van der Waals surface area contributed by atoms with Gasteiger partial charge in [-0.15, -0.1) is 0 Å². The Labute approximate surface area is 145 Å². The topological polar surface area (TPSA) is 38.0 Å². The van der Waals surface area contributed by atoms with E-state index in [1.807, 2.05) is 45.0 Å². The van der Waals surface area contributed by atoms with E-state index >= 15 is 0 Å². The van der Waals surface area contributed by atoms with Crippen LogP contribution in [0.1, 0.15) is 55.0 Å². The Hall–Kier alpha value is -1.71. The quantitative estimate of drug-likeness (QED) is 0.806. The first kappa shape index (κ1) is 18.6. The Morgan fingerprint density at radius 3 is 2.46 bits per heavy atom. The summed E-state index contributed by atoms with van der Waals surface area (Å²) in [6.07, 6.45) is 2.62. The molecule has 0 saturated heterocycles. The summed E-state index contributed by atoms with van der Waals surface area (Å²) >= 11 is 0. The number of aryl methyl sites for hydroxylation is 1. The fraction of sp³-hybridized carbons (Fsp3) is 0.429. The molecule has 0 aromatic heterocycles. The Balaban J connectivity index is 0.00000100. The van der Waals surface area contributed by atoms with Gasteiger partial charge in [-0.2, -0.15) is 0 Å². The highest BCUT2D eigenvalue weighted by atomic mass is 19.1. The number of hydrogen-bond acceptors (Lipinski definition) is 2. The van der Waals surface area contributed by atoms with Gasteiger partial charge in [-0.3, -0.25) is 0 Å². The van der Waals surface area contributed by atoms with Crippen LogP contribution in [0, 0.1) is 18.7 Å². The number of rotatable bonds is 6. The lowest BCUT2D eigenvalue weighted by Gasteiger charge is -2.21. The van der Waals surface area contributed by atoms with Crippen molar-refractivity contribution in [3.05, 3.63) is 70.5 Å². The lowest BCUT2D eigenvalue weighted by molar-refractivity contribution is 0.569. The molecule has 3 N–H and O–H groups in total. The summed E-state index contributed by atoms with van der Waals surface area (Å²) in [4.78, 5) is 0. The molecule has 1 aliphatic carbocycles. The van der Waals surface area contributed by atoms with Gasteiger partial charge in [0.15, 0.2) is 0 Å². The van der Waals surface area contributed by atoms with Gasteiger partial charge in [0.05, 0.1) is 6.04 Å². The fourth-order valence-electron chi connectivity index (χ4n) is 2.78. The predicted molar refractivity (Wildman–Crippen MR) is 99.4 cm³/mol. The van der Waals surface area contributed by atoms with Crippen molar-refractivity contribution < 1.29 is 4.39 Å². The van der Waals surface area contributed by atoms with E-state index in [1.54, 1.807) is 6.07 Å². The van der Waals surface area contributed by atoms with Gasteiger partial charge in [0.25, 0.3) is 0 Å². The summed E-state index contributed by atoms with van der Waals surface area (Å²) in [7, 11) is 0. The Bertz CT molecular complexity index is 650. The summed E-state index contributed by atoms with van der Waals surface area (Å²) in [5.41, 5.74) is 9.86. The molecular formula is C21H29FN2. The summed E-state index contributed by atoms with van der Waals surface area (Å²) in [5, 5.41) is 3.65. The molecular weight excluding hydrogens is 299 g/mol. The zero-order valence-electron chi connectivity index (χ0n) is 15.0. The van der Waals surface area contributed by atoms with Crippen LogP contribution in [0.15, 0.2) is 42.5 Å². The van der Waals surface area contributed by atoms with Gasteiger partial charge in [-0.05, 0) is 60.5 Å². The molecule has 0 spiro atoms. The monoisotopic (exact) mass is 328 g/mol. The molecule has 2 aromatic rings. The summed E-state index contributed by atoms with van der Waals surface area (Å²) < 4.78 is 13.6. The van der Waals surface area contributed by atoms with Crippen molar-refractivity contribution in [1.29, 1.82) is 0 Å². The third-order valence-corrected chi connectivity index (χ3v) is 4.34. The second-order valence-corrected chi connectivity index (χ2v) is 6.24. The van der Waals surface area contributed by atoms with Crippen molar-refractivity contribution in [2.75, 3.05) is 6.54 Å². The van der Waals surface area contributed by atoms with E-state index < -0.39 is 0 Å². The van der Waals surface area contributed by atoms with E-state index in [0.717, 1.165) is 23.6 Å². The smallest absolute Gasteiger partial charge is 0.126 e. The van der Waals surface area contributed by atoms with Crippen LogP contribution in [-0.4, -0.2) is 6.54 Å². The molecule has 0 bridgehead atoms. The Morgan fingerprint density at radius 1 is 1.12 bits per heavy atom. The summed E-state index contributed by atoms with van der Waals surface area (Å²) in [5.74, 6) is 0.641. The zero-order chi connectivity index (χ0) is 17.5. The fourth-order valence-corrected chi connectivity index (χ4v) is 2.78. The van der Waals surface area contributed by atoms with Crippen molar-refractivity contribution in [2.24, 2.45) is 11.7 Å². The normalized spacial score (nSPS) is 14.7. The Morgan fingerprint density at radius 2 is 1.83 bits per heavy atom. The minimum Gasteiger partial charge on any atom is -0.326 e. The van der Waals surface area contributed by atoms with Crippen LogP contribution in [0.4, 0.5) is 4.39 Å². The maximum absolute atomic E-state index is 13.6. The summed E-state index contributed by atoms with van der Waals surface area (Å²) in [6, 6.07) is 13.8. The van der Waals surface area contributed by atoms with Gasteiger partial charge in [-0.1, -0.05) is 50.2 Å². The molecule has 1 unspecified atom stereocenters. The van der Waals surface area contributed by atoms with E-state index in [9.17, 15) is 4.39 Å². The maximum atomic E-state index is 13.6. The van der Waals surface area contributed by atoms with Crippen LogP contribution in [0.3, 0.4) is 0 Å². The number of halogens is 1. The summed E-state index contributed by atoms with van der Waals surface area (Å²) in [6.45, 7) is 7.35. The van der Waals surface area contributed by atoms with Crippen LogP contribution in [0.5, 0.6) is 0 Å². The third-order valence-electron chi connectivity index (χ3n) is 4.34. The molecule has 2 nitrogen and oxygen atoms in total. The second kappa shape index (κ2) is 8.95. The second-order valence-electron chi connectivity index (χ2n) is 6.24. The molecule has 0 amide bonds. The molecule has 0 aliphatic heterocycles. The molecule has 0 radical (unpaired) electrons. The highest BCUT2D eigenvalue weighted by molar-refractivity contribution is 5.36. The van der Waals surface area contributed by atoms with Crippen molar-refractivity contribution in [3.63, 3.8) is 0 Å². The standard InChI is InChI=1S/C19H23FN2.C2H6/c1-13-9-17(7-8-18(13)20)19(22-12-14-5-6-14)16-4-2-3-15(10-16)11-21;1-2/h2-4,7-10,14,19,22H,5-6,11-12,21H2,1H3;1-2H3. The number of nitrogens with one attached hydrogen (secondary N) is 1. The van der Waals surface area contributed by atoms with Crippen molar-refractivity contribution >= 4 is 0 Å². The van der Waals surface area contributed by atoms with E-state index in [1.165, 1.54) is 18.4 Å². The first-order valence-electron chi connectivity index (χ1n) is 8.95. The van der Waals surface area contributed by atoms with E-state index in [0.29, 0.717) is 12.1 Å². The predicted octanol–water partition coefficient (Wildman–Crippen LogP) is 4.71. The highest BCUT2D eigenvalue weighted by Gasteiger charge is 2.23. The Kier molecular flexibility index (Phi) is 6.95. The average Bonchev–Trinajstić information content (AvgIpc) is 3.44. The van der Waals surface area contributed by atoms with Crippen LogP contribution in [0.2, 0.25) is 0 Å². The lowest BCUT2D eigenvalue weighted by atomic mass is 9.95. The van der Waals surface area contributed by atoms with Gasteiger partial charge in [-0.25, -0.2) is 4.39 Å². The molecule has 1 aliphatic rings. The van der Waals surface area contributed by atoms with E-state index in [-0.39, 0.29) is 11.9 Å². The van der Waals surface area contributed by atoms with Crippen molar-refractivity contribution in [1.82, 2.24) is 5.32 Å². The first-order valence-corrected chi connectivity index (χ1v) is 8.95. The van der Waals surface area contributed by atoms with Gasteiger partial charge >= 0.3 is 0 Å². The van der Waals surface area contributed by atoms with E-state index in [4.69, 9.17) is 5.73 Å². The number of hydrogen-bond donors (Lipinski definition) is 2. The molecule has 24 heavy (non-hydrogen) atoms. The number of nitrogens with two attached hydrogens (primary N) is 1. The minimum absolute atomic E-state index is 0.0893. The molecule has 0 heterocycles. The molecule has 1 fully saturated rings. The van der Waals surface area contributed by atoms with Crippen molar-refractivity contribution in [3.8, 4) is 0 Å². The third kappa shape index (κ3) is 4.89.